The van der Waals surface area contributed by atoms with E-state index in [9.17, 15) is 9.59 Å². The quantitative estimate of drug-likeness (QED) is 0.449. The van der Waals surface area contributed by atoms with Crippen molar-refractivity contribution in [3.63, 3.8) is 0 Å². The summed E-state index contributed by atoms with van der Waals surface area (Å²) in [5.74, 6) is 0.652. The summed E-state index contributed by atoms with van der Waals surface area (Å²) in [6.07, 6.45) is 2.59. The minimum Gasteiger partial charge on any atom is -0.336 e. The van der Waals surface area contributed by atoms with Gasteiger partial charge in [0.1, 0.15) is 5.82 Å². The number of rotatable bonds is 5. The Morgan fingerprint density at radius 1 is 0.914 bits per heavy atom. The Hall–Kier alpha value is -4.04. The molecule has 5 rings (SSSR count). The number of halogens is 1. The normalized spacial score (nSPS) is 14.0. The minimum absolute atomic E-state index is 0.107. The molecule has 0 saturated carbocycles. The van der Waals surface area contributed by atoms with Crippen LogP contribution in [0.2, 0.25) is 5.02 Å². The average molecular weight is 487 g/mol. The van der Waals surface area contributed by atoms with E-state index in [2.05, 4.69) is 20.4 Å². The number of benzene rings is 2. The summed E-state index contributed by atoms with van der Waals surface area (Å²) >= 11 is 5.85. The lowest BCUT2D eigenvalue weighted by Crippen LogP contribution is -2.42. The highest BCUT2D eigenvalue weighted by molar-refractivity contribution is 6.30. The fourth-order valence-electron chi connectivity index (χ4n) is 4.09. The molecule has 8 nitrogen and oxygen atoms in total. The second-order valence-corrected chi connectivity index (χ2v) is 8.73. The predicted molar refractivity (Wildman–Crippen MR) is 133 cm³/mol. The van der Waals surface area contributed by atoms with Crippen LogP contribution in [0.4, 0.5) is 5.82 Å². The van der Waals surface area contributed by atoms with E-state index < -0.39 is 0 Å². The van der Waals surface area contributed by atoms with Gasteiger partial charge in [-0.2, -0.15) is 0 Å². The number of para-hydroxylation sites is 1. The van der Waals surface area contributed by atoms with Gasteiger partial charge in [0.05, 0.1) is 10.7 Å². The number of nitrogens with one attached hydrogen (secondary N) is 1. The molecular formula is C26H23ClN6O2. The van der Waals surface area contributed by atoms with Crippen molar-refractivity contribution in [1.29, 1.82) is 0 Å². The predicted octanol–water partition coefficient (Wildman–Crippen LogP) is 4.47. The number of hydrogen-bond donors (Lipinski definition) is 1. The van der Waals surface area contributed by atoms with Gasteiger partial charge in [-0.25, -0.2) is 14.6 Å². The number of aromatic nitrogens is 4. The molecule has 3 heterocycles. The zero-order valence-corrected chi connectivity index (χ0v) is 19.6. The molecule has 0 spiro atoms. The maximum Gasteiger partial charge on any atom is 0.293 e. The van der Waals surface area contributed by atoms with Gasteiger partial charge in [0.25, 0.3) is 5.91 Å². The van der Waals surface area contributed by atoms with Gasteiger partial charge in [-0.15, -0.1) is 5.10 Å². The zero-order chi connectivity index (χ0) is 24.2. The highest BCUT2D eigenvalue weighted by atomic mass is 35.5. The Morgan fingerprint density at radius 3 is 2.26 bits per heavy atom. The molecule has 0 bridgehead atoms. The maximum atomic E-state index is 13.3. The van der Waals surface area contributed by atoms with Crippen LogP contribution in [-0.2, 0) is 4.79 Å². The molecule has 9 heteroatoms. The van der Waals surface area contributed by atoms with E-state index in [1.165, 1.54) is 6.20 Å². The Labute approximate surface area is 207 Å². The third-order valence-electron chi connectivity index (χ3n) is 5.96. The number of pyridine rings is 1. The van der Waals surface area contributed by atoms with Gasteiger partial charge in [0.2, 0.25) is 11.7 Å². The van der Waals surface area contributed by atoms with Gasteiger partial charge in [-0.05, 0) is 37.1 Å². The van der Waals surface area contributed by atoms with E-state index in [0.717, 1.165) is 11.3 Å². The molecule has 1 aliphatic rings. The fraction of sp³-hybridized carbons (Fsp3) is 0.192. The number of carbonyl (C=O) groups is 2. The van der Waals surface area contributed by atoms with Crippen molar-refractivity contribution in [1.82, 2.24) is 24.6 Å². The van der Waals surface area contributed by atoms with Crippen LogP contribution in [-0.4, -0.2) is 49.6 Å². The summed E-state index contributed by atoms with van der Waals surface area (Å²) in [6, 6.07) is 22.6. The molecule has 2 aromatic heterocycles. The standard InChI is InChI=1S/C26H23ClN6O2/c27-20-11-12-22(28-17-20)29-25(34)19-13-15-32(16-14-19)26(35)23-30-24(18-7-3-1-4-8-18)33(31-23)21-9-5-2-6-10-21/h1-12,17,19H,13-16H2,(H,28,29,34). The van der Waals surface area contributed by atoms with E-state index in [-0.39, 0.29) is 23.6 Å². The SMILES string of the molecule is O=C(Nc1ccc(Cl)cn1)C1CCN(C(=O)c2nc(-c3ccccc3)n(-c3ccccc3)n2)CC1. The van der Waals surface area contributed by atoms with Gasteiger partial charge < -0.3 is 10.2 Å². The Balaban J connectivity index is 1.30. The second kappa shape index (κ2) is 10.1. The molecule has 35 heavy (non-hydrogen) atoms. The number of piperidine rings is 1. The second-order valence-electron chi connectivity index (χ2n) is 8.29. The van der Waals surface area contributed by atoms with Gasteiger partial charge >= 0.3 is 0 Å². The molecule has 2 amide bonds. The smallest absolute Gasteiger partial charge is 0.293 e. The number of carbonyl (C=O) groups excluding carboxylic acids is 2. The summed E-state index contributed by atoms with van der Waals surface area (Å²) < 4.78 is 1.70. The molecule has 0 unspecified atom stereocenters. The lowest BCUT2D eigenvalue weighted by atomic mass is 9.96. The van der Waals surface area contributed by atoms with Crippen LogP contribution < -0.4 is 5.32 Å². The third-order valence-corrected chi connectivity index (χ3v) is 6.19. The first-order valence-electron chi connectivity index (χ1n) is 11.4. The van der Waals surface area contributed by atoms with Gasteiger partial charge in [0.15, 0.2) is 5.82 Å². The Kier molecular flexibility index (Phi) is 6.54. The van der Waals surface area contributed by atoms with E-state index >= 15 is 0 Å². The van der Waals surface area contributed by atoms with Gasteiger partial charge in [0, 0.05) is 30.8 Å². The monoisotopic (exact) mass is 486 g/mol. The van der Waals surface area contributed by atoms with Crippen molar-refractivity contribution in [3.8, 4) is 17.1 Å². The first-order chi connectivity index (χ1) is 17.1. The molecule has 0 atom stereocenters. The number of anilines is 1. The summed E-state index contributed by atoms with van der Waals surface area (Å²) in [4.78, 5) is 36.4. The molecule has 1 saturated heterocycles. The third kappa shape index (κ3) is 5.07. The fourth-order valence-corrected chi connectivity index (χ4v) is 4.20. The molecule has 176 valence electrons. The summed E-state index contributed by atoms with van der Waals surface area (Å²) in [6.45, 7) is 0.900. The maximum absolute atomic E-state index is 13.3. The van der Waals surface area contributed by atoms with Crippen LogP contribution in [0.1, 0.15) is 23.5 Å². The van der Waals surface area contributed by atoms with Crippen molar-refractivity contribution in [2.75, 3.05) is 18.4 Å². The van der Waals surface area contributed by atoms with Crippen molar-refractivity contribution >= 4 is 29.2 Å². The molecule has 0 radical (unpaired) electrons. The van der Waals surface area contributed by atoms with Crippen LogP contribution in [0.3, 0.4) is 0 Å². The molecule has 4 aromatic rings. The summed E-state index contributed by atoms with van der Waals surface area (Å²) in [7, 11) is 0. The van der Waals surface area contributed by atoms with E-state index in [0.29, 0.717) is 42.6 Å². The topological polar surface area (TPSA) is 93.0 Å². The molecule has 0 aliphatic carbocycles. The van der Waals surface area contributed by atoms with Crippen molar-refractivity contribution in [3.05, 3.63) is 89.8 Å². The van der Waals surface area contributed by atoms with Crippen molar-refractivity contribution in [2.45, 2.75) is 12.8 Å². The largest absolute Gasteiger partial charge is 0.336 e. The number of nitrogens with zero attached hydrogens (tertiary/aromatic N) is 5. The lowest BCUT2D eigenvalue weighted by molar-refractivity contribution is -0.121. The van der Waals surface area contributed by atoms with Crippen LogP contribution in [0.5, 0.6) is 0 Å². The highest BCUT2D eigenvalue weighted by Gasteiger charge is 2.30. The van der Waals surface area contributed by atoms with Crippen LogP contribution in [0.25, 0.3) is 17.1 Å². The van der Waals surface area contributed by atoms with E-state index in [1.54, 1.807) is 21.7 Å². The molecular weight excluding hydrogens is 464 g/mol. The van der Waals surface area contributed by atoms with Crippen LogP contribution in [0.15, 0.2) is 79.0 Å². The number of likely N-dealkylation sites (tertiary alicyclic amines) is 1. The summed E-state index contributed by atoms with van der Waals surface area (Å²) in [5, 5.41) is 7.89. The molecule has 1 N–H and O–H groups in total. The Bertz CT molecular complexity index is 1260. The van der Waals surface area contributed by atoms with Crippen molar-refractivity contribution in [2.24, 2.45) is 5.92 Å². The Morgan fingerprint density at radius 2 is 1.60 bits per heavy atom. The molecule has 1 aliphatic heterocycles. The summed E-state index contributed by atoms with van der Waals surface area (Å²) in [5.41, 5.74) is 1.69. The minimum atomic E-state index is -0.241. The first kappa shape index (κ1) is 22.7. The number of amides is 2. The van der Waals surface area contributed by atoms with Crippen LogP contribution in [0, 0.1) is 5.92 Å². The lowest BCUT2D eigenvalue weighted by Gasteiger charge is -2.30. The highest BCUT2D eigenvalue weighted by Crippen LogP contribution is 2.24. The van der Waals surface area contributed by atoms with Gasteiger partial charge in [-0.3, -0.25) is 9.59 Å². The zero-order valence-electron chi connectivity index (χ0n) is 18.8. The molecule has 2 aromatic carbocycles. The van der Waals surface area contributed by atoms with E-state index in [4.69, 9.17) is 11.6 Å². The number of hydrogen-bond acceptors (Lipinski definition) is 5. The van der Waals surface area contributed by atoms with Gasteiger partial charge in [-0.1, -0.05) is 60.1 Å². The average Bonchev–Trinajstić information content (AvgIpc) is 3.36. The first-order valence-corrected chi connectivity index (χ1v) is 11.8. The van der Waals surface area contributed by atoms with Crippen LogP contribution >= 0.6 is 11.6 Å². The van der Waals surface area contributed by atoms with Crippen molar-refractivity contribution < 1.29 is 9.59 Å². The molecule has 1 fully saturated rings. The van der Waals surface area contributed by atoms with E-state index in [1.807, 2.05) is 60.7 Å².